The van der Waals surface area contributed by atoms with E-state index in [0.717, 1.165) is 5.56 Å². The summed E-state index contributed by atoms with van der Waals surface area (Å²) in [7, 11) is 0. The van der Waals surface area contributed by atoms with Gasteiger partial charge in [0.2, 0.25) is 0 Å². The van der Waals surface area contributed by atoms with E-state index in [0.29, 0.717) is 6.29 Å². The molecule has 0 aromatic heterocycles. The van der Waals surface area contributed by atoms with Crippen molar-refractivity contribution in [3.8, 4) is 0 Å². The maximum Gasteiger partial charge on any atom is 0.410 e. The van der Waals surface area contributed by atoms with Gasteiger partial charge >= 0.3 is 6.09 Å². The standard InChI is InChI=1S/C12H12Cl3NO3/c13-8-12(14,15)19-11(18)16-10(6-7-17)9-4-2-1-3-5-9/h1-5,7,10H,6,8H2,(H,16,18). The van der Waals surface area contributed by atoms with E-state index in [9.17, 15) is 9.59 Å². The number of ether oxygens (including phenoxy) is 1. The van der Waals surface area contributed by atoms with E-state index in [1.807, 2.05) is 6.07 Å². The summed E-state index contributed by atoms with van der Waals surface area (Å²) in [5.41, 5.74) is 0.771. The summed E-state index contributed by atoms with van der Waals surface area (Å²) >= 11 is 16.6. The van der Waals surface area contributed by atoms with E-state index in [2.05, 4.69) is 5.32 Å². The van der Waals surface area contributed by atoms with Crippen LogP contribution in [0.3, 0.4) is 0 Å². The lowest BCUT2D eigenvalue weighted by atomic mass is 10.1. The molecule has 19 heavy (non-hydrogen) atoms. The second kappa shape index (κ2) is 7.58. The highest BCUT2D eigenvalue weighted by Crippen LogP contribution is 2.25. The summed E-state index contributed by atoms with van der Waals surface area (Å²) in [6, 6.07) is 8.48. The zero-order chi connectivity index (χ0) is 14.3. The van der Waals surface area contributed by atoms with Crippen LogP contribution in [0.5, 0.6) is 0 Å². The predicted molar refractivity (Wildman–Crippen MR) is 74.6 cm³/mol. The predicted octanol–water partition coefficient (Wildman–Crippen LogP) is 3.41. The van der Waals surface area contributed by atoms with Crippen molar-refractivity contribution >= 4 is 47.2 Å². The number of nitrogens with one attached hydrogen (secondary N) is 1. The first-order valence-corrected chi connectivity index (χ1v) is 6.69. The van der Waals surface area contributed by atoms with E-state index in [4.69, 9.17) is 39.5 Å². The molecule has 1 unspecified atom stereocenters. The fourth-order valence-corrected chi connectivity index (χ4v) is 1.59. The maximum atomic E-state index is 11.6. The van der Waals surface area contributed by atoms with Crippen LogP contribution >= 0.6 is 34.8 Å². The van der Waals surface area contributed by atoms with Crippen molar-refractivity contribution < 1.29 is 14.3 Å². The Morgan fingerprint density at radius 3 is 2.53 bits per heavy atom. The van der Waals surface area contributed by atoms with Gasteiger partial charge in [0, 0.05) is 6.42 Å². The van der Waals surface area contributed by atoms with E-state index < -0.39 is 16.7 Å². The van der Waals surface area contributed by atoms with Gasteiger partial charge in [-0.05, 0) is 5.56 Å². The molecule has 0 saturated carbocycles. The van der Waals surface area contributed by atoms with Crippen LogP contribution in [0.2, 0.25) is 0 Å². The Kier molecular flexibility index (Phi) is 6.42. The number of aldehydes is 1. The monoisotopic (exact) mass is 323 g/mol. The van der Waals surface area contributed by atoms with Crippen LogP contribution < -0.4 is 5.32 Å². The first-order valence-electron chi connectivity index (χ1n) is 5.40. The van der Waals surface area contributed by atoms with Crippen LogP contribution in [0.15, 0.2) is 30.3 Å². The quantitative estimate of drug-likeness (QED) is 0.644. The molecule has 104 valence electrons. The number of alkyl halides is 3. The Labute approximate surface area is 126 Å². The molecular formula is C12H12Cl3NO3. The molecular weight excluding hydrogens is 312 g/mol. The van der Waals surface area contributed by atoms with Gasteiger partial charge in [-0.15, -0.1) is 11.6 Å². The van der Waals surface area contributed by atoms with Gasteiger partial charge in [-0.25, -0.2) is 4.79 Å². The Balaban J connectivity index is 2.69. The first kappa shape index (κ1) is 16.1. The molecule has 0 heterocycles. The molecule has 0 bridgehead atoms. The van der Waals surface area contributed by atoms with Crippen LogP contribution in [0.4, 0.5) is 4.79 Å². The second-order valence-electron chi connectivity index (χ2n) is 3.67. The van der Waals surface area contributed by atoms with Crippen LogP contribution in [0.25, 0.3) is 0 Å². The third-order valence-corrected chi connectivity index (χ3v) is 3.30. The Bertz CT molecular complexity index is 425. The van der Waals surface area contributed by atoms with Gasteiger partial charge in [0.1, 0.15) is 6.29 Å². The van der Waals surface area contributed by atoms with Crippen molar-refractivity contribution in [3.05, 3.63) is 35.9 Å². The summed E-state index contributed by atoms with van der Waals surface area (Å²) in [6.07, 6.45) is -0.0348. The lowest BCUT2D eigenvalue weighted by molar-refractivity contribution is -0.108. The molecule has 1 atom stereocenters. The molecule has 0 aliphatic rings. The highest BCUT2D eigenvalue weighted by Gasteiger charge is 2.28. The van der Waals surface area contributed by atoms with Crippen molar-refractivity contribution in [1.82, 2.24) is 5.32 Å². The molecule has 0 radical (unpaired) electrons. The first-order chi connectivity index (χ1) is 8.98. The molecule has 1 N–H and O–H groups in total. The van der Waals surface area contributed by atoms with E-state index >= 15 is 0 Å². The van der Waals surface area contributed by atoms with Crippen molar-refractivity contribution in [2.45, 2.75) is 17.0 Å². The molecule has 0 aliphatic carbocycles. The molecule has 0 fully saturated rings. The van der Waals surface area contributed by atoms with Gasteiger partial charge in [0.15, 0.2) is 0 Å². The SMILES string of the molecule is O=CCC(NC(=O)OC(Cl)(Cl)CCl)c1ccccc1. The summed E-state index contributed by atoms with van der Waals surface area (Å²) < 4.78 is 2.92. The molecule has 1 rings (SSSR count). The van der Waals surface area contributed by atoms with Crippen molar-refractivity contribution in [1.29, 1.82) is 0 Å². The summed E-state index contributed by atoms with van der Waals surface area (Å²) in [4.78, 5) is 22.2. The van der Waals surface area contributed by atoms with E-state index in [1.165, 1.54) is 0 Å². The molecule has 0 spiro atoms. The van der Waals surface area contributed by atoms with Gasteiger partial charge < -0.3 is 14.8 Å². The summed E-state index contributed by atoms with van der Waals surface area (Å²) in [5.74, 6) is -0.271. The highest BCUT2D eigenvalue weighted by atomic mass is 35.5. The zero-order valence-corrected chi connectivity index (χ0v) is 12.1. The van der Waals surface area contributed by atoms with Crippen molar-refractivity contribution in [2.75, 3.05) is 5.88 Å². The zero-order valence-electron chi connectivity index (χ0n) is 9.81. The van der Waals surface area contributed by atoms with Gasteiger partial charge in [-0.3, -0.25) is 0 Å². The fourth-order valence-electron chi connectivity index (χ4n) is 1.39. The number of benzene rings is 1. The Hall–Kier alpha value is -0.970. The van der Waals surface area contributed by atoms with E-state index in [1.54, 1.807) is 24.3 Å². The molecule has 1 amide bonds. The minimum Gasteiger partial charge on any atom is -0.411 e. The van der Waals surface area contributed by atoms with Crippen molar-refractivity contribution in [2.24, 2.45) is 0 Å². The maximum absolute atomic E-state index is 11.6. The van der Waals surface area contributed by atoms with Crippen LogP contribution in [-0.4, -0.2) is 22.8 Å². The summed E-state index contributed by atoms with van der Waals surface area (Å²) in [6.45, 7) is 0. The van der Waals surface area contributed by atoms with E-state index in [-0.39, 0.29) is 12.3 Å². The van der Waals surface area contributed by atoms with Crippen LogP contribution in [0, 0.1) is 0 Å². The third-order valence-electron chi connectivity index (χ3n) is 2.22. The Morgan fingerprint density at radius 1 is 1.37 bits per heavy atom. The average Bonchev–Trinajstić information content (AvgIpc) is 2.38. The average molecular weight is 325 g/mol. The number of amides is 1. The highest BCUT2D eigenvalue weighted by molar-refractivity contribution is 6.50. The van der Waals surface area contributed by atoms with Crippen LogP contribution in [-0.2, 0) is 9.53 Å². The lowest BCUT2D eigenvalue weighted by Gasteiger charge is -2.21. The number of halogens is 3. The number of carbonyl (C=O) groups excluding carboxylic acids is 2. The fraction of sp³-hybridized carbons (Fsp3) is 0.333. The van der Waals surface area contributed by atoms with Crippen molar-refractivity contribution in [3.63, 3.8) is 0 Å². The molecule has 1 aromatic rings. The second-order valence-corrected chi connectivity index (χ2v) is 5.35. The van der Waals surface area contributed by atoms with Gasteiger partial charge in [-0.2, -0.15) is 0 Å². The van der Waals surface area contributed by atoms with Crippen LogP contribution in [0.1, 0.15) is 18.0 Å². The Morgan fingerprint density at radius 2 is 2.00 bits per heavy atom. The number of hydrogen-bond acceptors (Lipinski definition) is 3. The minimum absolute atomic E-state index is 0.109. The molecule has 1 aromatic carbocycles. The smallest absolute Gasteiger partial charge is 0.410 e. The van der Waals surface area contributed by atoms with Gasteiger partial charge in [0.05, 0.1) is 11.9 Å². The largest absolute Gasteiger partial charge is 0.411 e. The minimum atomic E-state index is -1.80. The summed E-state index contributed by atoms with van der Waals surface area (Å²) in [5, 5.41) is 2.50. The molecule has 4 nitrogen and oxygen atoms in total. The third kappa shape index (κ3) is 5.68. The number of carbonyl (C=O) groups is 2. The van der Waals surface area contributed by atoms with Gasteiger partial charge in [0.25, 0.3) is 4.52 Å². The number of hydrogen-bond donors (Lipinski definition) is 1. The number of rotatable bonds is 6. The lowest BCUT2D eigenvalue weighted by Crippen LogP contribution is -2.35. The van der Waals surface area contributed by atoms with Gasteiger partial charge in [-0.1, -0.05) is 53.5 Å². The molecule has 0 aliphatic heterocycles. The normalized spacial score (nSPS) is 12.6. The number of alkyl carbamates (subject to hydrolysis) is 1. The topological polar surface area (TPSA) is 55.4 Å². The molecule has 0 saturated heterocycles. The molecule has 7 heteroatoms.